The number of halogens is 1. The van der Waals surface area contributed by atoms with E-state index in [1.54, 1.807) is 0 Å². The molecule has 2 heterocycles. The Bertz CT molecular complexity index is 378. The predicted octanol–water partition coefficient (Wildman–Crippen LogP) is 3.72. The molecule has 0 aromatic carbocycles. The van der Waals surface area contributed by atoms with Crippen LogP contribution in [-0.4, -0.2) is 30.1 Å². The Balaban J connectivity index is 1.93. The van der Waals surface area contributed by atoms with E-state index in [4.69, 9.17) is 0 Å². The van der Waals surface area contributed by atoms with Crippen LogP contribution in [0.4, 0.5) is 0 Å². The maximum atomic E-state index is 3.67. The van der Waals surface area contributed by atoms with Crippen LogP contribution in [0.2, 0.25) is 0 Å². The molecule has 1 aromatic heterocycles. The van der Waals surface area contributed by atoms with Crippen molar-refractivity contribution in [2.24, 2.45) is 5.92 Å². The fraction of sp³-hybridized carbons (Fsp3) is 0.714. The summed E-state index contributed by atoms with van der Waals surface area (Å²) in [5.41, 5.74) is 0. The SMILES string of the molecule is CC(C)CC1CN(Cc2ccc(Br)s2)C(C)CN1. The van der Waals surface area contributed by atoms with Gasteiger partial charge in [-0.15, -0.1) is 11.3 Å². The first-order valence-electron chi connectivity index (χ1n) is 6.76. The first-order chi connectivity index (χ1) is 8.54. The zero-order valence-corrected chi connectivity index (χ0v) is 13.9. The lowest BCUT2D eigenvalue weighted by atomic mass is 10.00. The summed E-state index contributed by atoms with van der Waals surface area (Å²) in [7, 11) is 0. The Morgan fingerprint density at radius 3 is 2.89 bits per heavy atom. The molecule has 1 N–H and O–H groups in total. The molecule has 1 fully saturated rings. The van der Waals surface area contributed by atoms with E-state index in [-0.39, 0.29) is 0 Å². The Morgan fingerprint density at radius 1 is 1.50 bits per heavy atom. The quantitative estimate of drug-likeness (QED) is 0.905. The lowest BCUT2D eigenvalue weighted by Gasteiger charge is -2.39. The van der Waals surface area contributed by atoms with Crippen molar-refractivity contribution in [3.8, 4) is 0 Å². The molecule has 4 heteroatoms. The number of piperazine rings is 1. The van der Waals surface area contributed by atoms with Crippen LogP contribution < -0.4 is 5.32 Å². The molecule has 2 unspecified atom stereocenters. The van der Waals surface area contributed by atoms with E-state index in [1.807, 2.05) is 11.3 Å². The number of hydrogen-bond donors (Lipinski definition) is 1. The minimum atomic E-state index is 0.634. The van der Waals surface area contributed by atoms with Crippen molar-refractivity contribution in [1.82, 2.24) is 10.2 Å². The highest BCUT2D eigenvalue weighted by Gasteiger charge is 2.25. The Hall–Kier alpha value is 0.1000. The molecule has 1 aliphatic heterocycles. The van der Waals surface area contributed by atoms with Crippen molar-refractivity contribution in [3.05, 3.63) is 20.8 Å². The summed E-state index contributed by atoms with van der Waals surface area (Å²) in [6.07, 6.45) is 1.28. The Labute approximate surface area is 123 Å². The maximum Gasteiger partial charge on any atom is 0.0701 e. The molecule has 18 heavy (non-hydrogen) atoms. The van der Waals surface area contributed by atoms with E-state index in [2.05, 4.69) is 59.1 Å². The molecule has 0 saturated carbocycles. The smallest absolute Gasteiger partial charge is 0.0701 e. The second-order valence-electron chi connectivity index (χ2n) is 5.72. The Morgan fingerprint density at radius 2 is 2.28 bits per heavy atom. The van der Waals surface area contributed by atoms with Crippen LogP contribution in [0.1, 0.15) is 32.1 Å². The van der Waals surface area contributed by atoms with Crippen LogP contribution in [0.5, 0.6) is 0 Å². The van der Waals surface area contributed by atoms with E-state index in [1.165, 1.54) is 21.6 Å². The van der Waals surface area contributed by atoms with Gasteiger partial charge in [-0.2, -0.15) is 0 Å². The Kier molecular flexibility index (Phi) is 5.24. The van der Waals surface area contributed by atoms with E-state index in [0.717, 1.165) is 19.0 Å². The molecule has 1 aromatic rings. The molecule has 1 aliphatic rings. The molecular weight excluding hydrogens is 308 g/mol. The van der Waals surface area contributed by atoms with Crippen molar-refractivity contribution < 1.29 is 0 Å². The lowest BCUT2D eigenvalue weighted by molar-refractivity contribution is 0.126. The summed E-state index contributed by atoms with van der Waals surface area (Å²) in [6, 6.07) is 5.68. The summed E-state index contributed by atoms with van der Waals surface area (Å²) < 4.78 is 1.24. The largest absolute Gasteiger partial charge is 0.311 e. The summed E-state index contributed by atoms with van der Waals surface area (Å²) in [6.45, 7) is 10.3. The van der Waals surface area contributed by atoms with Gasteiger partial charge in [0.2, 0.25) is 0 Å². The van der Waals surface area contributed by atoms with Crippen molar-refractivity contribution >= 4 is 27.3 Å². The summed E-state index contributed by atoms with van der Waals surface area (Å²) >= 11 is 5.40. The van der Waals surface area contributed by atoms with E-state index in [0.29, 0.717) is 12.1 Å². The summed E-state index contributed by atoms with van der Waals surface area (Å²) in [4.78, 5) is 4.07. The van der Waals surface area contributed by atoms with Gasteiger partial charge >= 0.3 is 0 Å². The average molecular weight is 331 g/mol. The van der Waals surface area contributed by atoms with Crippen LogP contribution in [0.15, 0.2) is 15.9 Å². The van der Waals surface area contributed by atoms with Crippen molar-refractivity contribution in [3.63, 3.8) is 0 Å². The maximum absolute atomic E-state index is 3.67. The molecule has 2 atom stereocenters. The van der Waals surface area contributed by atoms with E-state index >= 15 is 0 Å². The first kappa shape index (κ1) is 14.5. The molecule has 2 nitrogen and oxygen atoms in total. The molecule has 0 amide bonds. The third-order valence-corrected chi connectivity index (χ3v) is 5.13. The normalized spacial score (nSPS) is 25.8. The van der Waals surface area contributed by atoms with Crippen molar-refractivity contribution in [2.45, 2.75) is 45.8 Å². The molecule has 0 spiro atoms. The second-order valence-corrected chi connectivity index (χ2v) is 8.27. The van der Waals surface area contributed by atoms with Gasteiger partial charge in [0.15, 0.2) is 0 Å². The minimum absolute atomic E-state index is 0.634. The highest BCUT2D eigenvalue weighted by Crippen LogP contribution is 2.25. The number of nitrogens with zero attached hydrogens (tertiary/aromatic N) is 1. The lowest BCUT2D eigenvalue weighted by Crippen LogP contribution is -2.55. The first-order valence-corrected chi connectivity index (χ1v) is 8.37. The number of hydrogen-bond acceptors (Lipinski definition) is 3. The third kappa shape index (κ3) is 4.05. The summed E-state index contributed by atoms with van der Waals surface area (Å²) in [5, 5.41) is 3.67. The van der Waals surface area contributed by atoms with Gasteiger partial charge < -0.3 is 5.32 Å². The van der Waals surface area contributed by atoms with Gasteiger partial charge in [0, 0.05) is 36.6 Å². The second kappa shape index (κ2) is 6.51. The van der Waals surface area contributed by atoms with Gasteiger partial charge in [-0.25, -0.2) is 0 Å². The van der Waals surface area contributed by atoms with Crippen molar-refractivity contribution in [2.75, 3.05) is 13.1 Å². The highest BCUT2D eigenvalue weighted by atomic mass is 79.9. The van der Waals surface area contributed by atoms with Crippen LogP contribution in [-0.2, 0) is 6.54 Å². The molecule has 102 valence electrons. The highest BCUT2D eigenvalue weighted by molar-refractivity contribution is 9.11. The fourth-order valence-electron chi connectivity index (χ4n) is 2.58. The molecule has 1 saturated heterocycles. The zero-order chi connectivity index (χ0) is 13.1. The molecule has 0 aliphatic carbocycles. The van der Waals surface area contributed by atoms with Crippen LogP contribution >= 0.6 is 27.3 Å². The van der Waals surface area contributed by atoms with Crippen LogP contribution in [0, 0.1) is 5.92 Å². The van der Waals surface area contributed by atoms with Gasteiger partial charge in [-0.3, -0.25) is 4.90 Å². The monoisotopic (exact) mass is 330 g/mol. The summed E-state index contributed by atoms with van der Waals surface area (Å²) in [5.74, 6) is 0.772. The fourth-order valence-corrected chi connectivity index (χ4v) is 4.09. The number of rotatable bonds is 4. The average Bonchev–Trinajstić information content (AvgIpc) is 2.68. The zero-order valence-electron chi connectivity index (χ0n) is 11.4. The van der Waals surface area contributed by atoms with Gasteiger partial charge in [0.05, 0.1) is 3.79 Å². The third-order valence-electron chi connectivity index (χ3n) is 3.52. The molecular formula is C14H23BrN2S. The number of nitrogens with one attached hydrogen (secondary N) is 1. The van der Waals surface area contributed by atoms with Crippen molar-refractivity contribution in [1.29, 1.82) is 0 Å². The molecule has 2 rings (SSSR count). The molecule has 0 radical (unpaired) electrons. The number of thiophene rings is 1. The molecule has 0 bridgehead atoms. The van der Waals surface area contributed by atoms with Gasteiger partial charge in [-0.1, -0.05) is 13.8 Å². The van der Waals surface area contributed by atoms with Crippen LogP contribution in [0.25, 0.3) is 0 Å². The topological polar surface area (TPSA) is 15.3 Å². The van der Waals surface area contributed by atoms with E-state index in [9.17, 15) is 0 Å². The van der Waals surface area contributed by atoms with Gasteiger partial charge in [0.1, 0.15) is 0 Å². The van der Waals surface area contributed by atoms with E-state index < -0.39 is 0 Å². The standard InChI is InChI=1S/C14H23BrN2S/c1-10(2)6-12-8-17(11(3)7-16-12)9-13-4-5-14(15)18-13/h4-5,10-12,16H,6-9H2,1-3H3. The van der Waals surface area contributed by atoms with Gasteiger partial charge in [0.25, 0.3) is 0 Å². The minimum Gasteiger partial charge on any atom is -0.311 e. The van der Waals surface area contributed by atoms with Crippen LogP contribution in [0.3, 0.4) is 0 Å². The van der Waals surface area contributed by atoms with Gasteiger partial charge in [-0.05, 0) is 47.3 Å². The predicted molar refractivity (Wildman–Crippen MR) is 83.1 cm³/mol.